The summed E-state index contributed by atoms with van der Waals surface area (Å²) in [5.74, 6) is 1.34. The van der Waals surface area contributed by atoms with E-state index in [2.05, 4.69) is 27.3 Å². The monoisotopic (exact) mass is 445 g/mol. The van der Waals surface area contributed by atoms with E-state index in [1.54, 1.807) is 7.11 Å². The van der Waals surface area contributed by atoms with Crippen LogP contribution in [0.15, 0.2) is 34.9 Å². The van der Waals surface area contributed by atoms with Crippen molar-refractivity contribution in [3.05, 3.63) is 36.2 Å². The maximum atomic E-state index is 12.2. The minimum atomic E-state index is 0. The van der Waals surface area contributed by atoms with E-state index >= 15 is 0 Å². The first-order valence-electron chi connectivity index (χ1n) is 9.29. The Labute approximate surface area is 183 Å². The number of benzene rings is 1. The molecule has 1 unspecified atom stereocenters. The summed E-state index contributed by atoms with van der Waals surface area (Å²) in [4.78, 5) is 20.9. The molecule has 1 fully saturated rings. The number of nitrogens with zero attached hydrogens (tertiary/aromatic N) is 4. The van der Waals surface area contributed by atoms with Gasteiger partial charge in [0.25, 0.3) is 0 Å². The van der Waals surface area contributed by atoms with Gasteiger partial charge in [0.05, 0.1) is 19.2 Å². The lowest BCUT2D eigenvalue weighted by molar-refractivity contribution is -0.132. The molecular weight excluding hydrogens is 417 g/mol. The molecule has 1 aromatic carbocycles. The largest absolute Gasteiger partial charge is 0.383 e. The number of hydrogen-bond donors (Lipinski definition) is 1. The Balaban J connectivity index is 0.00000210. The van der Waals surface area contributed by atoms with E-state index in [1.807, 2.05) is 35.2 Å². The van der Waals surface area contributed by atoms with Crippen molar-refractivity contribution >= 4 is 30.7 Å². The van der Waals surface area contributed by atoms with Crippen molar-refractivity contribution < 1.29 is 14.1 Å². The zero-order chi connectivity index (χ0) is 19.1. The van der Waals surface area contributed by atoms with Crippen molar-refractivity contribution in [2.75, 3.05) is 53.0 Å². The van der Waals surface area contributed by atoms with Gasteiger partial charge in [-0.05, 0) is 6.92 Å². The second-order valence-corrected chi connectivity index (χ2v) is 6.58. The summed E-state index contributed by atoms with van der Waals surface area (Å²) in [7, 11) is 1.65. The number of nitrogens with one attached hydrogen (secondary N) is 1. The number of hydrogen-bond acceptors (Lipinski definition) is 7. The highest BCUT2D eigenvalue weighted by atomic mass is 35.5. The number of aromatic nitrogens is 2. The van der Waals surface area contributed by atoms with Gasteiger partial charge in [0.15, 0.2) is 0 Å². The molecule has 0 radical (unpaired) electrons. The number of amides is 1. The molecular formula is C19H29Cl2N5O3. The summed E-state index contributed by atoms with van der Waals surface area (Å²) < 4.78 is 10.4. The summed E-state index contributed by atoms with van der Waals surface area (Å²) in [6, 6.07) is 9.81. The molecule has 0 aliphatic carbocycles. The molecule has 2 aromatic rings. The topological polar surface area (TPSA) is 83.7 Å². The van der Waals surface area contributed by atoms with Gasteiger partial charge in [-0.3, -0.25) is 9.69 Å². The number of carbonyl (C=O) groups is 1. The van der Waals surface area contributed by atoms with Gasteiger partial charge in [0.1, 0.15) is 0 Å². The highest BCUT2D eigenvalue weighted by Gasteiger charge is 2.27. The van der Waals surface area contributed by atoms with Crippen molar-refractivity contribution in [2.45, 2.75) is 13.0 Å². The SMILES string of the molecule is COCCNCC(=O)N1CCN(C(C)c2nc(-c3ccccc3)no2)CC1.Cl.Cl. The molecule has 10 heteroatoms. The van der Waals surface area contributed by atoms with Crippen molar-refractivity contribution in [3.8, 4) is 11.4 Å². The number of carbonyl (C=O) groups excluding carboxylic acids is 1. The minimum Gasteiger partial charge on any atom is -0.383 e. The Kier molecular flexibility index (Phi) is 11.2. The van der Waals surface area contributed by atoms with Gasteiger partial charge < -0.3 is 19.5 Å². The van der Waals surface area contributed by atoms with Gasteiger partial charge >= 0.3 is 0 Å². The molecule has 1 atom stereocenters. The predicted molar refractivity (Wildman–Crippen MR) is 116 cm³/mol. The fraction of sp³-hybridized carbons (Fsp3) is 0.526. The molecule has 0 bridgehead atoms. The van der Waals surface area contributed by atoms with E-state index in [0.717, 1.165) is 18.7 Å². The Hall–Kier alpha value is -1.71. The van der Waals surface area contributed by atoms with Gasteiger partial charge in [-0.2, -0.15) is 4.98 Å². The molecule has 3 rings (SSSR count). The minimum absolute atomic E-state index is 0. The van der Waals surface area contributed by atoms with Gasteiger partial charge in [0.2, 0.25) is 17.6 Å². The first-order valence-corrected chi connectivity index (χ1v) is 9.29. The van der Waals surface area contributed by atoms with Gasteiger partial charge in [0, 0.05) is 45.4 Å². The maximum Gasteiger partial charge on any atom is 0.244 e. The number of ether oxygens (including phenoxy) is 1. The fourth-order valence-electron chi connectivity index (χ4n) is 3.11. The third kappa shape index (κ3) is 6.94. The summed E-state index contributed by atoms with van der Waals surface area (Å²) in [5.41, 5.74) is 0.941. The molecule has 29 heavy (non-hydrogen) atoms. The molecule has 1 aliphatic heterocycles. The molecule has 1 aromatic heterocycles. The molecule has 1 amide bonds. The van der Waals surface area contributed by atoms with Crippen LogP contribution in [0, 0.1) is 0 Å². The van der Waals surface area contributed by atoms with E-state index in [0.29, 0.717) is 44.5 Å². The van der Waals surface area contributed by atoms with Gasteiger partial charge in [-0.1, -0.05) is 35.5 Å². The van der Waals surface area contributed by atoms with Crippen LogP contribution in [0.5, 0.6) is 0 Å². The Morgan fingerprint density at radius 1 is 1.21 bits per heavy atom. The third-order valence-electron chi connectivity index (χ3n) is 4.80. The summed E-state index contributed by atoms with van der Waals surface area (Å²) >= 11 is 0. The van der Waals surface area contributed by atoms with Crippen LogP contribution in [0.2, 0.25) is 0 Å². The van der Waals surface area contributed by atoms with E-state index in [-0.39, 0.29) is 36.8 Å². The molecule has 1 aliphatic rings. The zero-order valence-electron chi connectivity index (χ0n) is 16.7. The number of methoxy groups -OCH3 is 1. The summed E-state index contributed by atoms with van der Waals surface area (Å²) in [6.45, 7) is 6.68. The molecule has 2 heterocycles. The van der Waals surface area contributed by atoms with E-state index in [1.165, 1.54) is 0 Å². The predicted octanol–water partition coefficient (Wildman–Crippen LogP) is 2.02. The lowest BCUT2D eigenvalue weighted by atomic mass is 10.2. The highest BCUT2D eigenvalue weighted by molar-refractivity contribution is 5.85. The van der Waals surface area contributed by atoms with Crippen LogP contribution in [-0.4, -0.2) is 78.8 Å². The van der Waals surface area contributed by atoms with Crippen molar-refractivity contribution in [2.24, 2.45) is 0 Å². The van der Waals surface area contributed by atoms with Gasteiger partial charge in [-0.25, -0.2) is 0 Å². The smallest absolute Gasteiger partial charge is 0.244 e. The van der Waals surface area contributed by atoms with Crippen LogP contribution in [-0.2, 0) is 9.53 Å². The van der Waals surface area contributed by atoms with Crippen LogP contribution < -0.4 is 5.32 Å². The van der Waals surface area contributed by atoms with Crippen LogP contribution in [0.1, 0.15) is 18.9 Å². The zero-order valence-corrected chi connectivity index (χ0v) is 18.4. The lowest BCUT2D eigenvalue weighted by Gasteiger charge is -2.36. The Bertz CT molecular complexity index is 724. The normalized spacial score (nSPS) is 15.3. The van der Waals surface area contributed by atoms with Crippen molar-refractivity contribution in [1.82, 2.24) is 25.3 Å². The first-order chi connectivity index (χ1) is 13.2. The maximum absolute atomic E-state index is 12.2. The Morgan fingerprint density at radius 2 is 1.90 bits per heavy atom. The van der Waals surface area contributed by atoms with E-state index < -0.39 is 0 Å². The van der Waals surface area contributed by atoms with Gasteiger partial charge in [-0.15, -0.1) is 24.8 Å². The number of rotatable bonds is 8. The highest BCUT2D eigenvalue weighted by Crippen LogP contribution is 2.23. The molecule has 162 valence electrons. The molecule has 0 spiro atoms. The van der Waals surface area contributed by atoms with Crippen molar-refractivity contribution in [3.63, 3.8) is 0 Å². The molecule has 8 nitrogen and oxygen atoms in total. The van der Waals surface area contributed by atoms with Crippen LogP contribution >= 0.6 is 24.8 Å². The van der Waals surface area contributed by atoms with Crippen molar-refractivity contribution in [1.29, 1.82) is 0 Å². The number of halogens is 2. The lowest BCUT2D eigenvalue weighted by Crippen LogP contribution is -2.51. The number of piperazine rings is 1. The summed E-state index contributed by atoms with van der Waals surface area (Å²) in [5, 5.41) is 7.20. The molecule has 1 saturated heterocycles. The molecule has 1 N–H and O–H groups in total. The fourth-order valence-corrected chi connectivity index (χ4v) is 3.11. The molecule has 0 saturated carbocycles. The third-order valence-corrected chi connectivity index (χ3v) is 4.80. The average molecular weight is 446 g/mol. The second kappa shape index (κ2) is 12.8. The first kappa shape index (κ1) is 25.3. The standard InChI is InChI=1S/C19H27N5O3.2ClH/c1-15(19-21-18(22-27-19)16-6-4-3-5-7-16)23-9-11-24(12-10-23)17(25)14-20-8-13-26-2;;/h3-7,15,20H,8-14H2,1-2H3;2*1H. The average Bonchev–Trinajstić information content (AvgIpc) is 3.21. The second-order valence-electron chi connectivity index (χ2n) is 6.58. The quantitative estimate of drug-likeness (QED) is 0.622. The Morgan fingerprint density at radius 3 is 2.55 bits per heavy atom. The van der Waals surface area contributed by atoms with Crippen LogP contribution in [0.25, 0.3) is 11.4 Å². The van der Waals surface area contributed by atoms with E-state index in [9.17, 15) is 4.79 Å². The van der Waals surface area contributed by atoms with E-state index in [4.69, 9.17) is 9.26 Å². The van der Waals surface area contributed by atoms with Crippen LogP contribution in [0.4, 0.5) is 0 Å². The van der Waals surface area contributed by atoms with Crippen LogP contribution in [0.3, 0.4) is 0 Å². The summed E-state index contributed by atoms with van der Waals surface area (Å²) in [6.07, 6.45) is 0.